The van der Waals surface area contributed by atoms with Gasteiger partial charge in [-0.2, -0.15) is 0 Å². The van der Waals surface area contributed by atoms with Gasteiger partial charge < -0.3 is 14.2 Å². The van der Waals surface area contributed by atoms with Crippen molar-refractivity contribution in [2.75, 3.05) is 40.3 Å². The highest BCUT2D eigenvalue weighted by Crippen LogP contribution is 2.39. The van der Waals surface area contributed by atoms with Crippen molar-refractivity contribution in [2.24, 2.45) is 11.3 Å². The fraction of sp³-hybridized carbons (Fsp3) is 0.429. The topological polar surface area (TPSA) is 92.2 Å². The second kappa shape index (κ2) is 9.63. The molecule has 0 unspecified atom stereocenters. The molecule has 5 rings (SSSR count). The lowest BCUT2D eigenvalue weighted by molar-refractivity contribution is -0.159. The zero-order valence-corrected chi connectivity index (χ0v) is 21.3. The predicted molar refractivity (Wildman–Crippen MR) is 137 cm³/mol. The summed E-state index contributed by atoms with van der Waals surface area (Å²) in [4.78, 5) is 56.8. The lowest BCUT2D eigenvalue weighted by Crippen LogP contribution is -2.67. The average Bonchev–Trinajstić information content (AvgIpc) is 2.90. The third-order valence-electron chi connectivity index (χ3n) is 7.85. The molecule has 2 fully saturated rings. The lowest BCUT2D eigenvalue weighted by atomic mass is 9.75. The van der Waals surface area contributed by atoms with Crippen LogP contribution in [0.4, 0.5) is 4.79 Å². The van der Waals surface area contributed by atoms with Crippen molar-refractivity contribution in [3.63, 3.8) is 0 Å². The summed E-state index contributed by atoms with van der Waals surface area (Å²) in [6.07, 6.45) is 2.79. The molecule has 0 N–H and O–H groups in total. The summed E-state index contributed by atoms with van der Waals surface area (Å²) in [6.45, 7) is 6.17. The van der Waals surface area contributed by atoms with Crippen LogP contribution in [0.1, 0.15) is 23.6 Å². The fourth-order valence-corrected chi connectivity index (χ4v) is 6.19. The summed E-state index contributed by atoms with van der Waals surface area (Å²) < 4.78 is 7.43. The molecule has 0 radical (unpaired) electrons. The van der Waals surface area contributed by atoms with Crippen molar-refractivity contribution in [1.82, 2.24) is 19.3 Å². The second-order valence-electron chi connectivity index (χ2n) is 10.4. The molecule has 1 aromatic heterocycles. The number of carbonyl (C=O) groups is 3. The van der Waals surface area contributed by atoms with E-state index in [9.17, 15) is 19.2 Å². The Bertz CT molecular complexity index is 1280. The van der Waals surface area contributed by atoms with E-state index in [-0.39, 0.29) is 30.4 Å². The van der Waals surface area contributed by atoms with Crippen LogP contribution in [0, 0.1) is 11.3 Å². The number of rotatable bonds is 7. The first-order valence-corrected chi connectivity index (χ1v) is 12.6. The Kier molecular flexibility index (Phi) is 6.49. The number of fused-ring (bicyclic) bond motifs is 4. The number of imide groups is 2. The van der Waals surface area contributed by atoms with Gasteiger partial charge in [0, 0.05) is 58.0 Å². The molecular formula is C28H32N4O5. The van der Waals surface area contributed by atoms with Gasteiger partial charge in [0.1, 0.15) is 17.8 Å². The fourth-order valence-electron chi connectivity index (χ4n) is 6.19. The zero-order chi connectivity index (χ0) is 26.3. The number of carbonyl (C=O) groups excluding carboxylic acids is 3. The highest BCUT2D eigenvalue weighted by atomic mass is 16.5. The van der Waals surface area contributed by atoms with E-state index in [4.69, 9.17) is 4.74 Å². The number of nitrogens with zero attached hydrogens (tertiary/aromatic N) is 4. The maximum absolute atomic E-state index is 13.7. The molecule has 37 heavy (non-hydrogen) atoms. The summed E-state index contributed by atoms with van der Waals surface area (Å²) in [6, 6.07) is 12.1. The van der Waals surface area contributed by atoms with Crippen molar-refractivity contribution >= 4 is 17.8 Å². The Labute approximate surface area is 215 Å². The first kappa shape index (κ1) is 25.0. The van der Waals surface area contributed by atoms with Crippen LogP contribution < -0.4 is 10.3 Å². The van der Waals surface area contributed by atoms with E-state index in [0.717, 1.165) is 27.5 Å². The Balaban J connectivity index is 1.46. The number of likely N-dealkylation sites (tertiary alicyclic amines) is 1. The highest BCUT2D eigenvalue weighted by molar-refractivity contribution is 6.19. The predicted octanol–water partition coefficient (Wildman–Crippen LogP) is 2.11. The van der Waals surface area contributed by atoms with Crippen LogP contribution in [0.2, 0.25) is 0 Å². The van der Waals surface area contributed by atoms with Crippen LogP contribution in [0.15, 0.2) is 59.9 Å². The van der Waals surface area contributed by atoms with Crippen LogP contribution in [0.5, 0.6) is 5.75 Å². The van der Waals surface area contributed by atoms with E-state index in [1.54, 1.807) is 18.2 Å². The van der Waals surface area contributed by atoms with Gasteiger partial charge in [-0.15, -0.1) is 0 Å². The maximum atomic E-state index is 13.7. The van der Waals surface area contributed by atoms with Crippen LogP contribution in [0.25, 0.3) is 0 Å². The summed E-state index contributed by atoms with van der Waals surface area (Å²) in [5.74, 6) is 0.0854. The van der Waals surface area contributed by atoms with Gasteiger partial charge in [-0.3, -0.25) is 24.2 Å². The van der Waals surface area contributed by atoms with Gasteiger partial charge in [-0.25, -0.2) is 4.79 Å². The Morgan fingerprint density at radius 2 is 1.68 bits per heavy atom. The van der Waals surface area contributed by atoms with Gasteiger partial charge >= 0.3 is 6.03 Å². The van der Waals surface area contributed by atoms with E-state index >= 15 is 0 Å². The van der Waals surface area contributed by atoms with Crippen molar-refractivity contribution < 1.29 is 19.1 Å². The van der Waals surface area contributed by atoms with E-state index in [1.807, 2.05) is 34.9 Å². The molecular weight excluding hydrogens is 472 g/mol. The number of hydrogen-bond acceptors (Lipinski definition) is 6. The molecule has 9 heteroatoms. The van der Waals surface area contributed by atoms with Crippen LogP contribution >= 0.6 is 0 Å². The summed E-state index contributed by atoms with van der Waals surface area (Å²) in [5.41, 5.74) is 0.376. The third kappa shape index (κ3) is 4.37. The maximum Gasteiger partial charge on any atom is 0.332 e. The van der Waals surface area contributed by atoms with Crippen molar-refractivity contribution in [3.05, 3.63) is 76.7 Å². The first-order valence-electron chi connectivity index (χ1n) is 12.6. The first-order chi connectivity index (χ1) is 17.7. The zero-order valence-electron chi connectivity index (χ0n) is 21.3. The molecule has 4 heterocycles. The van der Waals surface area contributed by atoms with E-state index in [1.165, 1.54) is 14.1 Å². The Morgan fingerprint density at radius 1 is 0.973 bits per heavy atom. The quantitative estimate of drug-likeness (QED) is 0.424. The van der Waals surface area contributed by atoms with Crippen molar-refractivity contribution in [2.45, 2.75) is 25.3 Å². The molecule has 0 spiro atoms. The highest BCUT2D eigenvalue weighted by Gasteiger charge is 2.56. The van der Waals surface area contributed by atoms with Gasteiger partial charge in [0.2, 0.25) is 11.8 Å². The second-order valence-corrected chi connectivity index (χ2v) is 10.4. The smallest absolute Gasteiger partial charge is 0.332 e. The molecule has 1 aromatic carbocycles. The number of ether oxygens (including phenoxy) is 1. The molecule has 2 aromatic rings. The minimum Gasteiger partial charge on any atom is -0.490 e. The minimum absolute atomic E-state index is 0.0111. The van der Waals surface area contributed by atoms with Crippen molar-refractivity contribution in [3.8, 4) is 5.75 Å². The lowest BCUT2D eigenvalue weighted by Gasteiger charge is -2.48. The van der Waals surface area contributed by atoms with E-state index in [0.29, 0.717) is 32.0 Å². The molecule has 0 aliphatic carbocycles. The number of urea groups is 1. The number of hydrogen-bond donors (Lipinski definition) is 0. The normalized spacial score (nSPS) is 23.1. The Morgan fingerprint density at radius 3 is 2.35 bits per heavy atom. The van der Waals surface area contributed by atoms with Crippen LogP contribution in [0.3, 0.4) is 0 Å². The van der Waals surface area contributed by atoms with E-state index < -0.39 is 23.3 Å². The molecule has 3 aliphatic heterocycles. The number of pyridine rings is 1. The molecule has 9 nitrogen and oxygen atoms in total. The number of aromatic nitrogens is 1. The summed E-state index contributed by atoms with van der Waals surface area (Å²) in [5, 5.41) is 0. The van der Waals surface area contributed by atoms with Gasteiger partial charge in [-0.05, 0) is 42.5 Å². The molecule has 194 valence electrons. The molecule has 2 saturated heterocycles. The van der Waals surface area contributed by atoms with Crippen molar-refractivity contribution in [1.29, 1.82) is 0 Å². The van der Waals surface area contributed by atoms with Gasteiger partial charge in [-0.1, -0.05) is 30.9 Å². The van der Waals surface area contributed by atoms with Crippen LogP contribution in [-0.4, -0.2) is 77.4 Å². The molecule has 2 bridgehead atoms. The van der Waals surface area contributed by atoms with E-state index in [2.05, 4.69) is 11.5 Å². The minimum atomic E-state index is -1.44. The number of barbiturate groups is 1. The summed E-state index contributed by atoms with van der Waals surface area (Å²) >= 11 is 0. The Hall–Kier alpha value is -3.72. The van der Waals surface area contributed by atoms with Gasteiger partial charge in [0.25, 0.3) is 5.56 Å². The van der Waals surface area contributed by atoms with Gasteiger partial charge in [0.15, 0.2) is 0 Å². The van der Waals surface area contributed by atoms with Gasteiger partial charge in [0.05, 0.1) is 0 Å². The molecule has 2 atom stereocenters. The van der Waals surface area contributed by atoms with Crippen LogP contribution in [-0.2, 0) is 22.6 Å². The molecule has 0 saturated carbocycles. The monoisotopic (exact) mass is 504 g/mol. The number of piperidine rings is 1. The number of benzene rings is 1. The number of amides is 4. The summed E-state index contributed by atoms with van der Waals surface area (Å²) in [7, 11) is 2.87. The third-order valence-corrected chi connectivity index (χ3v) is 7.85. The molecule has 4 amide bonds. The largest absolute Gasteiger partial charge is 0.490 e. The average molecular weight is 505 g/mol. The standard InChI is InChI=1S/C28H32N4O5/c1-4-12-37-22-10-8-19(9-11-22)14-28(25(34)29(2)27(36)30(3)26(28)35)18-31-15-20-13-21(17-31)23-6-5-7-24(33)32(23)16-20/h4-11,20-21H,1,12-18H2,2-3H3/t20-,21+/m0/s1. The SMILES string of the molecule is C=CCOc1ccc(CC2(CN3C[C@@H]4C[C@H](C3)c3cccc(=O)n3C4)C(=O)N(C)C(=O)N(C)C2=O)cc1. The molecule has 3 aliphatic rings.